The van der Waals surface area contributed by atoms with Gasteiger partial charge in [0.25, 0.3) is 0 Å². The highest BCUT2D eigenvalue weighted by molar-refractivity contribution is 5.79. The fourth-order valence-corrected chi connectivity index (χ4v) is 2.17. The molecule has 1 aromatic rings. The second-order valence-electron chi connectivity index (χ2n) is 5.19. The Labute approximate surface area is 134 Å². The van der Waals surface area contributed by atoms with Crippen LogP contribution in [0.4, 0.5) is 0 Å². The number of hydrogen-bond acceptors (Lipinski definition) is 2. The minimum Gasteiger partial charge on any atom is -0.497 e. The molecule has 0 bridgehead atoms. The van der Waals surface area contributed by atoms with Gasteiger partial charge in [0.05, 0.1) is 7.11 Å². The lowest BCUT2D eigenvalue weighted by atomic mass is 10.1. The Hall–Kier alpha value is -1.97. The molecule has 0 aliphatic rings. The normalized spacial score (nSPS) is 11.1. The first-order valence-corrected chi connectivity index (χ1v) is 7.94. The van der Waals surface area contributed by atoms with Crippen LogP contribution < -0.4 is 10.1 Å². The largest absolute Gasteiger partial charge is 0.497 e. The minimum absolute atomic E-state index is 0.765. The van der Waals surface area contributed by atoms with Crippen LogP contribution in [-0.4, -0.2) is 44.7 Å². The fourth-order valence-electron chi connectivity index (χ4n) is 2.17. The predicted molar refractivity (Wildman–Crippen MR) is 94.7 cm³/mol. The molecule has 4 heteroatoms. The number of methoxy groups -OCH3 is 1. The van der Waals surface area contributed by atoms with Gasteiger partial charge in [-0.25, -0.2) is 0 Å². The molecule has 0 spiro atoms. The van der Waals surface area contributed by atoms with Gasteiger partial charge in [-0.2, -0.15) is 0 Å². The first-order chi connectivity index (χ1) is 10.7. The molecule has 0 saturated heterocycles. The van der Waals surface area contributed by atoms with Crippen molar-refractivity contribution < 1.29 is 4.74 Å². The van der Waals surface area contributed by atoms with E-state index in [-0.39, 0.29) is 0 Å². The highest BCUT2D eigenvalue weighted by atomic mass is 16.5. The number of unbranched alkanes of at least 4 members (excludes halogenated alkanes) is 1. The van der Waals surface area contributed by atoms with Gasteiger partial charge < -0.3 is 15.0 Å². The number of benzene rings is 1. The van der Waals surface area contributed by atoms with Crippen LogP contribution in [0, 0.1) is 0 Å². The van der Waals surface area contributed by atoms with Crippen molar-refractivity contribution in [1.29, 1.82) is 0 Å². The quantitative estimate of drug-likeness (QED) is 0.330. The van der Waals surface area contributed by atoms with Crippen molar-refractivity contribution in [2.75, 3.05) is 33.8 Å². The number of guanidine groups is 1. The van der Waals surface area contributed by atoms with Gasteiger partial charge in [0.15, 0.2) is 5.96 Å². The Kier molecular flexibility index (Phi) is 8.80. The number of ether oxygens (including phenoxy) is 1. The van der Waals surface area contributed by atoms with Gasteiger partial charge in [-0.15, -0.1) is 6.58 Å². The first-order valence-electron chi connectivity index (χ1n) is 7.94. The molecule has 0 aliphatic carbocycles. The molecule has 1 N–H and O–H groups in total. The standard InChI is InChI=1S/C18H29N3O/c1-5-7-8-14-21(3)18(19-6-2)20-13-12-16-10-9-11-17(15-16)22-4/h5,9-11,15H,1,6-8,12-14H2,2-4H3,(H,19,20). The zero-order valence-electron chi connectivity index (χ0n) is 14.1. The number of nitrogens with one attached hydrogen (secondary N) is 1. The molecular formula is C18H29N3O. The van der Waals surface area contributed by atoms with Gasteiger partial charge in [-0.1, -0.05) is 18.2 Å². The second kappa shape index (κ2) is 10.7. The molecule has 0 aliphatic heterocycles. The summed E-state index contributed by atoms with van der Waals surface area (Å²) in [7, 11) is 3.77. The van der Waals surface area contributed by atoms with E-state index in [0.29, 0.717) is 0 Å². The summed E-state index contributed by atoms with van der Waals surface area (Å²) in [5.74, 6) is 1.87. The van der Waals surface area contributed by atoms with E-state index in [1.165, 1.54) is 5.56 Å². The van der Waals surface area contributed by atoms with Crippen LogP contribution in [0.15, 0.2) is 41.9 Å². The van der Waals surface area contributed by atoms with E-state index in [1.807, 2.05) is 18.2 Å². The maximum atomic E-state index is 5.25. The maximum absolute atomic E-state index is 5.25. The van der Waals surface area contributed by atoms with Crippen molar-refractivity contribution in [2.45, 2.75) is 26.2 Å². The van der Waals surface area contributed by atoms with Crippen LogP contribution in [0.3, 0.4) is 0 Å². The van der Waals surface area contributed by atoms with E-state index in [9.17, 15) is 0 Å². The lowest BCUT2D eigenvalue weighted by molar-refractivity contribution is 0.414. The van der Waals surface area contributed by atoms with E-state index >= 15 is 0 Å². The van der Waals surface area contributed by atoms with Crippen LogP contribution in [0.5, 0.6) is 5.75 Å². The zero-order chi connectivity index (χ0) is 16.2. The van der Waals surface area contributed by atoms with E-state index in [2.05, 4.69) is 42.9 Å². The molecule has 0 amide bonds. The van der Waals surface area contributed by atoms with Gasteiger partial charge in [0.1, 0.15) is 5.75 Å². The van der Waals surface area contributed by atoms with E-state index < -0.39 is 0 Å². The zero-order valence-corrected chi connectivity index (χ0v) is 14.1. The maximum Gasteiger partial charge on any atom is 0.193 e. The number of hydrogen-bond donors (Lipinski definition) is 1. The lowest BCUT2D eigenvalue weighted by Crippen LogP contribution is -2.39. The summed E-state index contributed by atoms with van der Waals surface area (Å²) in [6, 6.07) is 8.16. The van der Waals surface area contributed by atoms with Crippen molar-refractivity contribution in [2.24, 2.45) is 4.99 Å². The van der Waals surface area contributed by atoms with Crippen LogP contribution in [0.2, 0.25) is 0 Å². The topological polar surface area (TPSA) is 36.9 Å². The van der Waals surface area contributed by atoms with Crippen molar-refractivity contribution in [3.63, 3.8) is 0 Å². The molecule has 1 aromatic carbocycles. The average molecular weight is 303 g/mol. The third-order valence-corrected chi connectivity index (χ3v) is 3.39. The summed E-state index contributed by atoms with van der Waals surface area (Å²) in [4.78, 5) is 6.89. The van der Waals surface area contributed by atoms with Crippen molar-refractivity contribution in [3.05, 3.63) is 42.5 Å². The molecule has 4 nitrogen and oxygen atoms in total. The molecule has 122 valence electrons. The smallest absolute Gasteiger partial charge is 0.193 e. The van der Waals surface area contributed by atoms with Crippen LogP contribution in [0.1, 0.15) is 25.3 Å². The molecule has 0 fully saturated rings. The summed E-state index contributed by atoms with van der Waals surface area (Å²) in [5, 5.41) is 3.34. The Morgan fingerprint density at radius 1 is 1.45 bits per heavy atom. The highest BCUT2D eigenvalue weighted by Gasteiger charge is 2.04. The van der Waals surface area contributed by atoms with Crippen molar-refractivity contribution >= 4 is 5.96 Å². The molecule has 0 radical (unpaired) electrons. The van der Waals surface area contributed by atoms with Crippen LogP contribution in [0.25, 0.3) is 0 Å². The first kappa shape index (κ1) is 18.1. The lowest BCUT2D eigenvalue weighted by Gasteiger charge is -2.21. The van der Waals surface area contributed by atoms with Gasteiger partial charge >= 0.3 is 0 Å². The molecule has 22 heavy (non-hydrogen) atoms. The summed E-state index contributed by atoms with van der Waals surface area (Å²) >= 11 is 0. The van der Waals surface area contributed by atoms with Gasteiger partial charge in [0, 0.05) is 26.7 Å². The Balaban J connectivity index is 2.55. The highest BCUT2D eigenvalue weighted by Crippen LogP contribution is 2.12. The summed E-state index contributed by atoms with van der Waals surface area (Å²) in [6.07, 6.45) is 5.00. The predicted octanol–water partition coefficient (Wildman–Crippen LogP) is 3.10. The summed E-state index contributed by atoms with van der Waals surface area (Å²) in [5.41, 5.74) is 1.24. The Bertz CT molecular complexity index is 471. The molecule has 0 heterocycles. The fraction of sp³-hybridized carbons (Fsp3) is 0.500. The summed E-state index contributed by atoms with van der Waals surface area (Å²) in [6.45, 7) is 8.48. The van der Waals surface area contributed by atoms with Gasteiger partial charge in [-0.05, 0) is 43.9 Å². The monoisotopic (exact) mass is 303 g/mol. The molecule has 0 saturated carbocycles. The van der Waals surface area contributed by atoms with Crippen LogP contribution in [-0.2, 0) is 6.42 Å². The molecule has 0 unspecified atom stereocenters. The number of allylic oxidation sites excluding steroid dienone is 1. The Morgan fingerprint density at radius 2 is 2.27 bits per heavy atom. The molecule has 0 aromatic heterocycles. The molecule has 1 rings (SSSR count). The van der Waals surface area contributed by atoms with Crippen molar-refractivity contribution in [3.8, 4) is 5.75 Å². The van der Waals surface area contributed by atoms with E-state index in [1.54, 1.807) is 7.11 Å². The Morgan fingerprint density at radius 3 is 2.95 bits per heavy atom. The van der Waals surface area contributed by atoms with Gasteiger partial charge in [-0.3, -0.25) is 4.99 Å². The van der Waals surface area contributed by atoms with E-state index in [0.717, 1.165) is 50.6 Å². The third-order valence-electron chi connectivity index (χ3n) is 3.39. The average Bonchev–Trinajstić information content (AvgIpc) is 2.54. The van der Waals surface area contributed by atoms with E-state index in [4.69, 9.17) is 9.73 Å². The SMILES string of the molecule is C=CCCCN(C)C(=NCCc1cccc(OC)c1)NCC. The van der Waals surface area contributed by atoms with Crippen molar-refractivity contribution in [1.82, 2.24) is 10.2 Å². The number of nitrogens with zero attached hydrogens (tertiary/aromatic N) is 2. The van der Waals surface area contributed by atoms with Crippen LogP contribution >= 0.6 is 0 Å². The number of rotatable bonds is 9. The molecule has 0 atom stereocenters. The third kappa shape index (κ3) is 6.66. The second-order valence-corrected chi connectivity index (χ2v) is 5.19. The molecular weight excluding hydrogens is 274 g/mol. The summed E-state index contributed by atoms with van der Waals surface area (Å²) < 4.78 is 5.25. The van der Waals surface area contributed by atoms with Gasteiger partial charge in [0.2, 0.25) is 0 Å². The number of aliphatic imine (C=N–C) groups is 1. The minimum atomic E-state index is 0.765.